The number of fused-ring (bicyclic) bond motifs is 1. The maximum Gasteiger partial charge on any atom is 0.134 e. The van der Waals surface area contributed by atoms with E-state index in [9.17, 15) is 0 Å². The van der Waals surface area contributed by atoms with Gasteiger partial charge in [-0.2, -0.15) is 0 Å². The van der Waals surface area contributed by atoms with Crippen molar-refractivity contribution in [1.82, 2.24) is 5.32 Å². The van der Waals surface area contributed by atoms with E-state index in [2.05, 4.69) is 23.4 Å². The first-order chi connectivity index (χ1) is 8.40. The molecule has 1 aromatic carbocycles. The van der Waals surface area contributed by atoms with E-state index >= 15 is 0 Å². The molecule has 0 atom stereocenters. The minimum absolute atomic E-state index is 0.782. The van der Waals surface area contributed by atoms with E-state index in [1.165, 1.54) is 0 Å². The number of hydrogen-bond donors (Lipinski definition) is 1. The molecule has 0 radical (unpaired) electrons. The lowest BCUT2D eigenvalue weighted by Crippen LogP contribution is -2.13. The summed E-state index contributed by atoms with van der Waals surface area (Å²) in [6, 6.07) is 10.2. The minimum Gasteiger partial charge on any atom is -0.460 e. The second-order valence-electron chi connectivity index (χ2n) is 4.09. The molecule has 0 bridgehead atoms. The first-order valence-electron chi connectivity index (χ1n) is 6.02. The van der Waals surface area contributed by atoms with Gasteiger partial charge in [0.25, 0.3) is 0 Å². The number of terminal acetylenes is 1. The number of hydrogen-bond acceptors (Lipinski definition) is 2. The standard InChI is InChI=1S/C15H17NO/c1-2-3-4-7-10-16-12-14-11-13-8-5-6-9-15(13)17-14/h1,5-6,8-9,11,16H,3-4,7,10,12H2. The molecule has 2 heteroatoms. The molecule has 88 valence electrons. The van der Waals surface area contributed by atoms with Crippen molar-refractivity contribution in [3.05, 3.63) is 36.1 Å². The molecule has 0 aliphatic rings. The largest absolute Gasteiger partial charge is 0.460 e. The van der Waals surface area contributed by atoms with Crippen molar-refractivity contribution in [3.8, 4) is 12.3 Å². The predicted molar refractivity (Wildman–Crippen MR) is 70.6 cm³/mol. The molecule has 1 N–H and O–H groups in total. The van der Waals surface area contributed by atoms with Gasteiger partial charge in [-0.1, -0.05) is 18.2 Å². The summed E-state index contributed by atoms with van der Waals surface area (Å²) in [7, 11) is 0. The summed E-state index contributed by atoms with van der Waals surface area (Å²) in [6.07, 6.45) is 8.26. The molecule has 0 spiro atoms. The Morgan fingerprint density at radius 1 is 1.24 bits per heavy atom. The molecule has 2 rings (SSSR count). The monoisotopic (exact) mass is 227 g/mol. The molecule has 0 aliphatic heterocycles. The second kappa shape index (κ2) is 6.12. The number of para-hydroxylation sites is 1. The van der Waals surface area contributed by atoms with Gasteiger partial charge in [0.2, 0.25) is 0 Å². The van der Waals surface area contributed by atoms with Crippen molar-refractivity contribution < 1.29 is 4.42 Å². The van der Waals surface area contributed by atoms with Crippen LogP contribution in [0.25, 0.3) is 11.0 Å². The molecule has 0 saturated carbocycles. The Kier molecular flexibility index (Phi) is 4.23. The normalized spacial score (nSPS) is 10.5. The summed E-state index contributed by atoms with van der Waals surface area (Å²) in [5.74, 6) is 3.64. The van der Waals surface area contributed by atoms with Crippen LogP contribution < -0.4 is 5.32 Å². The molecule has 2 nitrogen and oxygen atoms in total. The zero-order valence-corrected chi connectivity index (χ0v) is 9.91. The molecule has 2 aromatic rings. The summed E-state index contributed by atoms with van der Waals surface area (Å²) in [5.41, 5.74) is 0.955. The third-order valence-corrected chi connectivity index (χ3v) is 2.70. The molecule has 1 aromatic heterocycles. The fourth-order valence-electron chi connectivity index (χ4n) is 1.81. The Bertz CT molecular complexity index is 474. The maximum atomic E-state index is 5.70. The van der Waals surface area contributed by atoms with Crippen LogP contribution in [-0.4, -0.2) is 6.54 Å². The summed E-state index contributed by atoms with van der Waals surface area (Å²) < 4.78 is 5.70. The van der Waals surface area contributed by atoms with Gasteiger partial charge < -0.3 is 9.73 Å². The van der Waals surface area contributed by atoms with Crippen molar-refractivity contribution in [2.45, 2.75) is 25.8 Å². The van der Waals surface area contributed by atoms with Crippen LogP contribution in [0.5, 0.6) is 0 Å². The van der Waals surface area contributed by atoms with Crippen molar-refractivity contribution >= 4 is 11.0 Å². The molecular weight excluding hydrogens is 210 g/mol. The molecule has 0 aliphatic carbocycles. The van der Waals surface area contributed by atoms with E-state index in [1.54, 1.807) is 0 Å². The third-order valence-electron chi connectivity index (χ3n) is 2.70. The predicted octanol–water partition coefficient (Wildman–Crippen LogP) is 3.33. The average Bonchev–Trinajstić information content (AvgIpc) is 2.76. The Labute approximate surface area is 102 Å². The van der Waals surface area contributed by atoms with Gasteiger partial charge in [-0.25, -0.2) is 0 Å². The topological polar surface area (TPSA) is 25.2 Å². The van der Waals surface area contributed by atoms with Crippen molar-refractivity contribution in [1.29, 1.82) is 0 Å². The van der Waals surface area contributed by atoms with Gasteiger partial charge in [-0.3, -0.25) is 0 Å². The fourth-order valence-corrected chi connectivity index (χ4v) is 1.81. The molecule has 0 saturated heterocycles. The number of nitrogens with one attached hydrogen (secondary N) is 1. The molecule has 1 heterocycles. The van der Waals surface area contributed by atoms with E-state index in [0.29, 0.717) is 0 Å². The molecule has 0 fully saturated rings. The zero-order valence-electron chi connectivity index (χ0n) is 9.91. The lowest BCUT2D eigenvalue weighted by atomic mass is 10.2. The molecule has 0 amide bonds. The second-order valence-corrected chi connectivity index (χ2v) is 4.09. The van der Waals surface area contributed by atoms with Crippen LogP contribution in [0.1, 0.15) is 25.0 Å². The Morgan fingerprint density at radius 2 is 2.12 bits per heavy atom. The minimum atomic E-state index is 0.782. The first-order valence-corrected chi connectivity index (χ1v) is 6.02. The maximum absolute atomic E-state index is 5.70. The SMILES string of the molecule is C#CCCCCNCc1cc2ccccc2o1. The number of benzene rings is 1. The third kappa shape index (κ3) is 3.37. The Balaban J connectivity index is 1.77. The van der Waals surface area contributed by atoms with Crippen LogP contribution >= 0.6 is 0 Å². The van der Waals surface area contributed by atoms with E-state index in [1.807, 2.05) is 18.2 Å². The van der Waals surface area contributed by atoms with E-state index in [4.69, 9.17) is 10.8 Å². The lowest BCUT2D eigenvalue weighted by molar-refractivity contribution is 0.508. The number of furan rings is 1. The van der Waals surface area contributed by atoms with E-state index < -0.39 is 0 Å². The van der Waals surface area contributed by atoms with Crippen LogP contribution in [0.4, 0.5) is 0 Å². The highest BCUT2D eigenvalue weighted by atomic mass is 16.3. The van der Waals surface area contributed by atoms with Crippen LogP contribution in [0, 0.1) is 12.3 Å². The Morgan fingerprint density at radius 3 is 2.94 bits per heavy atom. The van der Waals surface area contributed by atoms with Crippen molar-refractivity contribution in [2.24, 2.45) is 0 Å². The summed E-state index contributed by atoms with van der Waals surface area (Å²) in [5, 5.41) is 4.52. The quantitative estimate of drug-likeness (QED) is 0.605. The molecule has 0 unspecified atom stereocenters. The van der Waals surface area contributed by atoms with Crippen molar-refractivity contribution in [3.63, 3.8) is 0 Å². The van der Waals surface area contributed by atoms with Crippen LogP contribution in [0.3, 0.4) is 0 Å². The van der Waals surface area contributed by atoms with Gasteiger partial charge in [0.05, 0.1) is 6.54 Å². The van der Waals surface area contributed by atoms with E-state index in [-0.39, 0.29) is 0 Å². The summed E-state index contributed by atoms with van der Waals surface area (Å²) in [4.78, 5) is 0. The highest BCUT2D eigenvalue weighted by Crippen LogP contribution is 2.18. The fraction of sp³-hybridized carbons (Fsp3) is 0.333. The lowest BCUT2D eigenvalue weighted by Gasteiger charge is -2.00. The van der Waals surface area contributed by atoms with E-state index in [0.717, 1.165) is 49.1 Å². The van der Waals surface area contributed by atoms with Gasteiger partial charge in [0.15, 0.2) is 0 Å². The zero-order chi connectivity index (χ0) is 11.9. The van der Waals surface area contributed by atoms with Crippen molar-refractivity contribution in [2.75, 3.05) is 6.54 Å². The highest BCUT2D eigenvalue weighted by molar-refractivity contribution is 5.77. The molecular formula is C15H17NO. The van der Waals surface area contributed by atoms with Crippen LogP contribution in [0.2, 0.25) is 0 Å². The van der Waals surface area contributed by atoms with Gasteiger partial charge in [-0.15, -0.1) is 12.3 Å². The number of rotatable bonds is 6. The number of unbranched alkanes of at least 4 members (excludes halogenated alkanes) is 2. The Hall–Kier alpha value is -1.72. The summed E-state index contributed by atoms with van der Waals surface area (Å²) in [6.45, 7) is 1.77. The average molecular weight is 227 g/mol. The van der Waals surface area contributed by atoms with Gasteiger partial charge in [0.1, 0.15) is 11.3 Å². The molecule has 17 heavy (non-hydrogen) atoms. The summed E-state index contributed by atoms with van der Waals surface area (Å²) >= 11 is 0. The first kappa shape index (κ1) is 11.8. The smallest absolute Gasteiger partial charge is 0.134 e. The van der Waals surface area contributed by atoms with Gasteiger partial charge >= 0.3 is 0 Å². The van der Waals surface area contributed by atoms with Crippen LogP contribution in [-0.2, 0) is 6.54 Å². The van der Waals surface area contributed by atoms with Gasteiger partial charge in [0, 0.05) is 11.8 Å². The highest BCUT2D eigenvalue weighted by Gasteiger charge is 2.01. The van der Waals surface area contributed by atoms with Gasteiger partial charge in [-0.05, 0) is 31.5 Å². The van der Waals surface area contributed by atoms with Crippen LogP contribution in [0.15, 0.2) is 34.7 Å².